The molecule has 3 nitrogen and oxygen atoms in total. The average Bonchev–Trinajstić information content (AvgIpc) is 3.04. The van der Waals surface area contributed by atoms with Crippen LogP contribution in [0, 0.1) is 5.92 Å². The molecule has 2 aromatic carbocycles. The number of hydrogen-bond donors (Lipinski definition) is 2. The van der Waals surface area contributed by atoms with Gasteiger partial charge in [-0.1, -0.05) is 36.8 Å². The summed E-state index contributed by atoms with van der Waals surface area (Å²) < 4.78 is 0. The lowest BCUT2D eigenvalue weighted by Crippen LogP contribution is -2.28. The zero-order valence-corrected chi connectivity index (χ0v) is 12.3. The number of hydrogen-bond acceptors (Lipinski definition) is 2. The zero-order chi connectivity index (χ0) is 15.1. The molecule has 0 bridgehead atoms. The van der Waals surface area contributed by atoms with Gasteiger partial charge in [-0.15, -0.1) is 0 Å². The maximum absolute atomic E-state index is 11.0. The number of carboxylic acid groups (broad SMARTS) is 1. The van der Waals surface area contributed by atoms with Crippen LogP contribution >= 0.6 is 0 Å². The van der Waals surface area contributed by atoms with E-state index in [-0.39, 0.29) is 6.04 Å². The number of anilines is 1. The molecule has 22 heavy (non-hydrogen) atoms. The third-order valence-corrected chi connectivity index (χ3v) is 5.19. The van der Waals surface area contributed by atoms with Crippen molar-refractivity contribution in [2.75, 3.05) is 5.32 Å². The van der Waals surface area contributed by atoms with Gasteiger partial charge in [0.25, 0.3) is 0 Å². The fourth-order valence-electron chi connectivity index (χ4n) is 4.16. The molecule has 1 heterocycles. The molecule has 0 spiro atoms. The minimum atomic E-state index is -0.868. The number of para-hydroxylation sites is 1. The SMILES string of the molecule is O=C(O)c1ccc([C@@H]2Nc3ccccc3[C@@H]3CCC[C@@H]32)cc1. The fourth-order valence-corrected chi connectivity index (χ4v) is 4.16. The molecule has 1 aliphatic carbocycles. The standard InChI is InChI=1S/C19H19NO2/c21-19(22)13-10-8-12(9-11-13)18-16-6-3-5-14(16)15-4-1-2-7-17(15)20-18/h1-2,4,7-11,14,16,18,20H,3,5-6H2,(H,21,22)/t14-,16-,18-/m0/s1. The maximum Gasteiger partial charge on any atom is 0.335 e. The van der Waals surface area contributed by atoms with E-state index in [2.05, 4.69) is 29.6 Å². The van der Waals surface area contributed by atoms with Gasteiger partial charge in [0, 0.05) is 5.69 Å². The summed E-state index contributed by atoms with van der Waals surface area (Å²) in [7, 11) is 0. The van der Waals surface area contributed by atoms with E-state index in [1.165, 1.54) is 36.1 Å². The molecule has 0 radical (unpaired) electrons. The highest BCUT2D eigenvalue weighted by Gasteiger charge is 2.39. The molecule has 112 valence electrons. The average molecular weight is 293 g/mol. The van der Waals surface area contributed by atoms with Crippen LogP contribution in [-0.2, 0) is 0 Å². The van der Waals surface area contributed by atoms with Crippen LogP contribution in [0.2, 0.25) is 0 Å². The van der Waals surface area contributed by atoms with Crippen molar-refractivity contribution in [3.63, 3.8) is 0 Å². The second-order valence-electron chi connectivity index (χ2n) is 6.34. The molecule has 2 aliphatic rings. The Bertz CT molecular complexity index is 708. The van der Waals surface area contributed by atoms with E-state index in [9.17, 15) is 4.79 Å². The Labute approximate surface area is 130 Å². The minimum Gasteiger partial charge on any atom is -0.478 e. The second kappa shape index (κ2) is 5.16. The van der Waals surface area contributed by atoms with Gasteiger partial charge in [-0.05, 0) is 54.0 Å². The van der Waals surface area contributed by atoms with E-state index in [0.29, 0.717) is 17.4 Å². The molecule has 2 aromatic rings. The quantitative estimate of drug-likeness (QED) is 0.861. The van der Waals surface area contributed by atoms with E-state index in [1.54, 1.807) is 12.1 Å². The van der Waals surface area contributed by atoms with Crippen molar-refractivity contribution >= 4 is 11.7 Å². The topological polar surface area (TPSA) is 49.3 Å². The lowest BCUT2D eigenvalue weighted by atomic mass is 9.77. The maximum atomic E-state index is 11.0. The third-order valence-electron chi connectivity index (χ3n) is 5.19. The first-order chi connectivity index (χ1) is 10.7. The third kappa shape index (κ3) is 2.08. The summed E-state index contributed by atoms with van der Waals surface area (Å²) in [5.41, 5.74) is 4.22. The van der Waals surface area contributed by atoms with Gasteiger partial charge in [0.2, 0.25) is 0 Å². The van der Waals surface area contributed by atoms with Crippen molar-refractivity contribution in [3.05, 3.63) is 65.2 Å². The molecular formula is C19H19NO2. The highest BCUT2D eigenvalue weighted by atomic mass is 16.4. The number of benzene rings is 2. The van der Waals surface area contributed by atoms with Crippen molar-refractivity contribution in [1.82, 2.24) is 0 Å². The first-order valence-corrected chi connectivity index (χ1v) is 7.93. The number of fused-ring (bicyclic) bond motifs is 3. The lowest BCUT2D eigenvalue weighted by Gasteiger charge is -2.37. The Balaban J connectivity index is 1.71. The highest BCUT2D eigenvalue weighted by molar-refractivity contribution is 5.87. The van der Waals surface area contributed by atoms with Crippen LogP contribution in [-0.4, -0.2) is 11.1 Å². The largest absolute Gasteiger partial charge is 0.478 e. The molecule has 0 unspecified atom stereocenters. The van der Waals surface area contributed by atoms with E-state index >= 15 is 0 Å². The molecule has 3 heteroatoms. The van der Waals surface area contributed by atoms with Gasteiger partial charge in [0.15, 0.2) is 0 Å². The Hall–Kier alpha value is -2.29. The van der Waals surface area contributed by atoms with Crippen molar-refractivity contribution in [2.24, 2.45) is 5.92 Å². The van der Waals surface area contributed by atoms with Crippen molar-refractivity contribution in [1.29, 1.82) is 0 Å². The van der Waals surface area contributed by atoms with Crippen LogP contribution in [0.1, 0.15) is 52.7 Å². The van der Waals surface area contributed by atoms with E-state index < -0.39 is 5.97 Å². The van der Waals surface area contributed by atoms with Crippen LogP contribution in [0.4, 0.5) is 5.69 Å². The summed E-state index contributed by atoms with van der Waals surface area (Å²) in [6, 6.07) is 16.2. The van der Waals surface area contributed by atoms with Gasteiger partial charge in [-0.25, -0.2) is 4.79 Å². The van der Waals surface area contributed by atoms with Gasteiger partial charge >= 0.3 is 5.97 Å². The number of rotatable bonds is 2. The molecule has 0 aromatic heterocycles. The molecule has 3 atom stereocenters. The van der Waals surface area contributed by atoms with Crippen molar-refractivity contribution in [2.45, 2.75) is 31.2 Å². The Morgan fingerprint density at radius 2 is 1.82 bits per heavy atom. The van der Waals surface area contributed by atoms with Crippen LogP contribution in [0.25, 0.3) is 0 Å². The van der Waals surface area contributed by atoms with Crippen LogP contribution in [0.15, 0.2) is 48.5 Å². The van der Waals surface area contributed by atoms with Crippen LogP contribution in [0.3, 0.4) is 0 Å². The van der Waals surface area contributed by atoms with E-state index in [1.807, 2.05) is 12.1 Å². The minimum absolute atomic E-state index is 0.283. The lowest BCUT2D eigenvalue weighted by molar-refractivity contribution is 0.0697. The van der Waals surface area contributed by atoms with Crippen LogP contribution in [0.5, 0.6) is 0 Å². The molecule has 0 saturated heterocycles. The summed E-state index contributed by atoms with van der Waals surface area (Å²) in [4.78, 5) is 11.0. The molecule has 1 saturated carbocycles. The predicted molar refractivity (Wildman–Crippen MR) is 86.3 cm³/mol. The normalized spacial score (nSPS) is 25.9. The molecule has 2 N–H and O–H groups in total. The first-order valence-electron chi connectivity index (χ1n) is 7.93. The molecule has 0 amide bonds. The van der Waals surface area contributed by atoms with Gasteiger partial charge in [0.1, 0.15) is 0 Å². The monoisotopic (exact) mass is 293 g/mol. The summed E-state index contributed by atoms with van der Waals surface area (Å²) in [6.07, 6.45) is 3.76. The van der Waals surface area contributed by atoms with E-state index in [4.69, 9.17) is 5.11 Å². The van der Waals surface area contributed by atoms with Crippen molar-refractivity contribution in [3.8, 4) is 0 Å². The Morgan fingerprint density at radius 1 is 1.05 bits per heavy atom. The molecule has 1 fully saturated rings. The summed E-state index contributed by atoms with van der Waals surface area (Å²) >= 11 is 0. The van der Waals surface area contributed by atoms with Gasteiger partial charge in [-0.2, -0.15) is 0 Å². The van der Waals surface area contributed by atoms with E-state index in [0.717, 1.165) is 0 Å². The molecule has 1 aliphatic heterocycles. The summed E-state index contributed by atoms with van der Waals surface area (Å²) in [5.74, 6) is 0.361. The Kier molecular flexibility index (Phi) is 3.14. The van der Waals surface area contributed by atoms with Gasteiger partial charge < -0.3 is 10.4 Å². The number of nitrogens with one attached hydrogen (secondary N) is 1. The number of carbonyl (C=O) groups is 1. The van der Waals surface area contributed by atoms with Crippen molar-refractivity contribution < 1.29 is 9.90 Å². The van der Waals surface area contributed by atoms with Gasteiger partial charge in [0.05, 0.1) is 11.6 Å². The fraction of sp³-hybridized carbons (Fsp3) is 0.316. The predicted octanol–water partition coefficient (Wildman–Crippen LogP) is 4.44. The number of carboxylic acids is 1. The summed E-state index contributed by atoms with van der Waals surface area (Å²) in [5, 5.41) is 12.7. The Morgan fingerprint density at radius 3 is 2.59 bits per heavy atom. The molecule has 4 rings (SSSR count). The molecular weight excluding hydrogens is 274 g/mol. The zero-order valence-electron chi connectivity index (χ0n) is 12.3. The smallest absolute Gasteiger partial charge is 0.335 e. The first kappa shape index (κ1) is 13.4. The summed E-state index contributed by atoms with van der Waals surface area (Å²) in [6.45, 7) is 0. The number of aromatic carboxylic acids is 1. The van der Waals surface area contributed by atoms with Gasteiger partial charge in [-0.3, -0.25) is 0 Å². The highest BCUT2D eigenvalue weighted by Crippen LogP contribution is 2.52. The van der Waals surface area contributed by atoms with Crippen LogP contribution < -0.4 is 5.32 Å². The second-order valence-corrected chi connectivity index (χ2v) is 6.34.